The van der Waals surface area contributed by atoms with E-state index in [0.29, 0.717) is 11.6 Å². The molecular weight excluding hydrogens is 332 g/mol. The number of allylic oxidation sites excluding steroid dienone is 1. The summed E-state index contributed by atoms with van der Waals surface area (Å²) in [4.78, 5) is 15.4. The number of halogens is 1. The lowest BCUT2D eigenvalue weighted by Crippen LogP contribution is -2.27. The molecule has 0 aliphatic carbocycles. The van der Waals surface area contributed by atoms with Crippen molar-refractivity contribution in [1.82, 2.24) is 10.3 Å². The van der Waals surface area contributed by atoms with Gasteiger partial charge in [0.2, 0.25) is 5.91 Å². The van der Waals surface area contributed by atoms with E-state index in [1.54, 1.807) is 6.08 Å². The molecule has 1 heterocycles. The maximum Gasteiger partial charge on any atom is 0.243 e. The predicted molar refractivity (Wildman–Crippen MR) is 104 cm³/mol. The first-order valence-corrected chi connectivity index (χ1v) is 8.67. The monoisotopic (exact) mass is 352 g/mol. The lowest BCUT2D eigenvalue weighted by atomic mass is 9.90. The predicted octanol–water partition coefficient (Wildman–Crippen LogP) is 5.04. The van der Waals surface area contributed by atoms with Gasteiger partial charge in [-0.1, -0.05) is 53.6 Å². The SMILES string of the molecule is CC(C)=CC(=O)NCC(c1ccccc1Cl)c1c[nH]c2ccccc12. The first kappa shape index (κ1) is 17.3. The number of hydrogen-bond acceptors (Lipinski definition) is 1. The van der Waals surface area contributed by atoms with E-state index >= 15 is 0 Å². The van der Waals surface area contributed by atoms with E-state index < -0.39 is 0 Å². The van der Waals surface area contributed by atoms with Gasteiger partial charge in [0.15, 0.2) is 0 Å². The molecule has 4 heteroatoms. The van der Waals surface area contributed by atoms with Crippen LogP contribution >= 0.6 is 11.6 Å². The van der Waals surface area contributed by atoms with Crippen LogP contribution in [0.15, 0.2) is 66.4 Å². The maximum atomic E-state index is 12.1. The number of nitrogens with one attached hydrogen (secondary N) is 2. The van der Waals surface area contributed by atoms with Crippen LogP contribution in [0.5, 0.6) is 0 Å². The van der Waals surface area contributed by atoms with Crippen molar-refractivity contribution >= 4 is 28.4 Å². The Morgan fingerprint density at radius 1 is 1.12 bits per heavy atom. The summed E-state index contributed by atoms with van der Waals surface area (Å²) in [6, 6.07) is 15.9. The van der Waals surface area contributed by atoms with Crippen LogP contribution in [-0.4, -0.2) is 17.4 Å². The Labute approximate surface area is 152 Å². The third-order valence-corrected chi connectivity index (χ3v) is 4.52. The number of benzene rings is 2. The molecule has 0 saturated carbocycles. The molecule has 0 saturated heterocycles. The molecule has 3 aromatic rings. The standard InChI is InChI=1S/C21H21ClN2O/c1-14(2)11-21(25)24-13-17(15-7-3-5-9-19(15)22)18-12-23-20-10-6-4-8-16(18)20/h3-12,17,23H,13H2,1-2H3,(H,24,25). The number of aromatic nitrogens is 1. The minimum absolute atomic E-state index is 0.0284. The van der Waals surface area contributed by atoms with Crippen molar-refractivity contribution in [3.8, 4) is 0 Å². The number of amides is 1. The molecule has 128 valence electrons. The Balaban J connectivity index is 1.99. The average Bonchev–Trinajstić information content (AvgIpc) is 3.00. The summed E-state index contributed by atoms with van der Waals surface area (Å²) in [7, 11) is 0. The van der Waals surface area contributed by atoms with Crippen molar-refractivity contribution < 1.29 is 4.79 Å². The van der Waals surface area contributed by atoms with Gasteiger partial charge in [-0.2, -0.15) is 0 Å². The zero-order valence-electron chi connectivity index (χ0n) is 14.3. The zero-order chi connectivity index (χ0) is 17.8. The molecule has 0 bridgehead atoms. The number of fused-ring (bicyclic) bond motifs is 1. The summed E-state index contributed by atoms with van der Waals surface area (Å²) in [5, 5.41) is 4.85. The summed E-state index contributed by atoms with van der Waals surface area (Å²) in [5.41, 5.74) is 4.18. The van der Waals surface area contributed by atoms with Gasteiger partial charge in [0.05, 0.1) is 0 Å². The fourth-order valence-corrected chi connectivity index (χ4v) is 3.31. The second-order valence-corrected chi connectivity index (χ2v) is 6.74. The van der Waals surface area contributed by atoms with Crippen LogP contribution in [0.25, 0.3) is 10.9 Å². The second kappa shape index (κ2) is 7.58. The molecule has 3 rings (SSSR count). The zero-order valence-corrected chi connectivity index (χ0v) is 15.1. The summed E-state index contributed by atoms with van der Waals surface area (Å²) in [5.74, 6) is -0.115. The van der Waals surface area contributed by atoms with Gasteiger partial charge in [0.1, 0.15) is 0 Å². The third kappa shape index (κ3) is 3.94. The Bertz CT molecular complexity index is 922. The molecular formula is C21H21ClN2O. The van der Waals surface area contributed by atoms with Crippen LogP contribution in [-0.2, 0) is 4.79 Å². The fraction of sp³-hybridized carbons (Fsp3) is 0.190. The molecule has 25 heavy (non-hydrogen) atoms. The molecule has 0 aliphatic heterocycles. The molecule has 0 fully saturated rings. The van der Waals surface area contributed by atoms with Crippen LogP contribution < -0.4 is 5.32 Å². The van der Waals surface area contributed by atoms with Crippen LogP contribution in [0, 0.1) is 0 Å². The van der Waals surface area contributed by atoms with E-state index in [-0.39, 0.29) is 11.8 Å². The lowest BCUT2D eigenvalue weighted by Gasteiger charge is -2.19. The van der Waals surface area contributed by atoms with Gasteiger partial charge in [0, 0.05) is 40.7 Å². The van der Waals surface area contributed by atoms with Crippen molar-refractivity contribution in [3.05, 3.63) is 82.5 Å². The molecule has 3 nitrogen and oxygen atoms in total. The average molecular weight is 353 g/mol. The Kier molecular flexibility index (Phi) is 5.25. The third-order valence-electron chi connectivity index (χ3n) is 4.18. The van der Waals surface area contributed by atoms with Gasteiger partial charge in [0.25, 0.3) is 0 Å². The normalized spacial score (nSPS) is 12.0. The van der Waals surface area contributed by atoms with Crippen molar-refractivity contribution in [1.29, 1.82) is 0 Å². The largest absolute Gasteiger partial charge is 0.361 e. The number of para-hydroxylation sites is 1. The minimum atomic E-state index is -0.0862. The highest BCUT2D eigenvalue weighted by molar-refractivity contribution is 6.31. The quantitative estimate of drug-likeness (QED) is 0.621. The summed E-state index contributed by atoms with van der Waals surface area (Å²) in [6.45, 7) is 4.30. The van der Waals surface area contributed by atoms with Crippen LogP contribution in [0.4, 0.5) is 0 Å². The van der Waals surface area contributed by atoms with E-state index in [9.17, 15) is 4.79 Å². The van der Waals surface area contributed by atoms with Gasteiger partial charge in [-0.05, 0) is 37.1 Å². The van der Waals surface area contributed by atoms with Gasteiger partial charge in [-0.25, -0.2) is 0 Å². The Hall–Kier alpha value is -2.52. The maximum absolute atomic E-state index is 12.1. The van der Waals surface area contributed by atoms with E-state index in [1.807, 2.05) is 62.5 Å². The number of rotatable bonds is 5. The number of carbonyl (C=O) groups excluding carboxylic acids is 1. The van der Waals surface area contributed by atoms with Gasteiger partial charge >= 0.3 is 0 Å². The van der Waals surface area contributed by atoms with Gasteiger partial charge in [-0.15, -0.1) is 0 Å². The van der Waals surface area contributed by atoms with Gasteiger partial charge < -0.3 is 10.3 Å². The molecule has 1 atom stereocenters. The van der Waals surface area contributed by atoms with Crippen LogP contribution in [0.3, 0.4) is 0 Å². The number of carbonyl (C=O) groups is 1. The molecule has 2 aromatic carbocycles. The first-order valence-electron chi connectivity index (χ1n) is 8.29. The highest BCUT2D eigenvalue weighted by Gasteiger charge is 2.20. The number of hydrogen-bond donors (Lipinski definition) is 2. The number of aromatic amines is 1. The first-order chi connectivity index (χ1) is 12.1. The van der Waals surface area contributed by atoms with Crippen molar-refractivity contribution in [3.63, 3.8) is 0 Å². The molecule has 0 aliphatic rings. The topological polar surface area (TPSA) is 44.9 Å². The molecule has 1 amide bonds. The van der Waals surface area contributed by atoms with E-state index in [1.165, 1.54) is 0 Å². The second-order valence-electron chi connectivity index (χ2n) is 6.33. The Morgan fingerprint density at radius 2 is 1.84 bits per heavy atom. The van der Waals surface area contributed by atoms with Crippen molar-refractivity contribution in [2.75, 3.05) is 6.54 Å². The van der Waals surface area contributed by atoms with E-state index in [2.05, 4.69) is 16.4 Å². The summed E-state index contributed by atoms with van der Waals surface area (Å²) < 4.78 is 0. The molecule has 1 unspecified atom stereocenters. The lowest BCUT2D eigenvalue weighted by molar-refractivity contribution is -0.116. The molecule has 0 spiro atoms. The van der Waals surface area contributed by atoms with Crippen LogP contribution in [0.2, 0.25) is 5.02 Å². The summed E-state index contributed by atoms with van der Waals surface area (Å²) >= 11 is 6.45. The summed E-state index contributed by atoms with van der Waals surface area (Å²) in [6.07, 6.45) is 3.62. The van der Waals surface area contributed by atoms with Crippen molar-refractivity contribution in [2.45, 2.75) is 19.8 Å². The highest BCUT2D eigenvalue weighted by Crippen LogP contribution is 2.34. The Morgan fingerprint density at radius 3 is 2.60 bits per heavy atom. The smallest absolute Gasteiger partial charge is 0.243 e. The van der Waals surface area contributed by atoms with Crippen molar-refractivity contribution in [2.24, 2.45) is 0 Å². The minimum Gasteiger partial charge on any atom is -0.361 e. The van der Waals surface area contributed by atoms with Crippen LogP contribution in [0.1, 0.15) is 30.9 Å². The fourth-order valence-electron chi connectivity index (χ4n) is 3.04. The van der Waals surface area contributed by atoms with Gasteiger partial charge in [-0.3, -0.25) is 4.79 Å². The van der Waals surface area contributed by atoms with E-state index in [0.717, 1.165) is 27.6 Å². The molecule has 2 N–H and O–H groups in total. The molecule has 0 radical (unpaired) electrons. The highest BCUT2D eigenvalue weighted by atomic mass is 35.5. The van der Waals surface area contributed by atoms with E-state index in [4.69, 9.17) is 11.6 Å². The molecule has 1 aromatic heterocycles. The number of H-pyrrole nitrogens is 1.